The third-order valence-corrected chi connectivity index (χ3v) is 5.00. The number of carbonyl (C=O) groups is 2. The van der Waals surface area contributed by atoms with Crippen LogP contribution in [0.2, 0.25) is 0 Å². The summed E-state index contributed by atoms with van der Waals surface area (Å²) in [4.78, 5) is 26.4. The van der Waals surface area contributed by atoms with Crippen LogP contribution >= 0.6 is 0 Å². The number of rotatable bonds is 3. The maximum absolute atomic E-state index is 13.1. The smallest absolute Gasteiger partial charge is 0.326 e. The van der Waals surface area contributed by atoms with Gasteiger partial charge in [-0.25, -0.2) is 4.79 Å². The molecule has 0 spiro atoms. The highest BCUT2D eigenvalue weighted by molar-refractivity contribution is 5.97. The van der Waals surface area contributed by atoms with Crippen LogP contribution in [0.15, 0.2) is 42.5 Å². The average molecular weight is 337 g/mol. The predicted octanol–water partition coefficient (Wildman–Crippen LogP) is 4.04. The summed E-state index contributed by atoms with van der Waals surface area (Å²) in [6.07, 6.45) is 1.14. The lowest BCUT2D eigenvalue weighted by atomic mass is 9.92. The Bertz CT molecular complexity index is 790. The number of hydrogen-bond acceptors (Lipinski definition) is 2. The molecule has 1 amide bonds. The number of nitrogens with zero attached hydrogens (tertiary/aromatic N) is 1. The normalized spacial score (nSPS) is 19.9. The van der Waals surface area contributed by atoms with E-state index in [9.17, 15) is 14.7 Å². The molecule has 1 aliphatic rings. The van der Waals surface area contributed by atoms with Gasteiger partial charge in [-0.05, 0) is 62.4 Å². The Morgan fingerprint density at radius 1 is 1.00 bits per heavy atom. The molecule has 0 radical (unpaired) electrons. The molecule has 1 saturated heterocycles. The van der Waals surface area contributed by atoms with Gasteiger partial charge in [0.15, 0.2) is 0 Å². The maximum atomic E-state index is 13.1. The number of aryl methyl sites for hydroxylation is 3. The first kappa shape index (κ1) is 17.2. The van der Waals surface area contributed by atoms with Crippen LogP contribution in [0.4, 0.5) is 0 Å². The van der Waals surface area contributed by atoms with E-state index in [0.29, 0.717) is 18.4 Å². The van der Waals surface area contributed by atoms with Crippen LogP contribution in [-0.2, 0) is 4.79 Å². The molecule has 25 heavy (non-hydrogen) atoms. The zero-order valence-electron chi connectivity index (χ0n) is 14.8. The van der Waals surface area contributed by atoms with Crippen LogP contribution in [0.25, 0.3) is 0 Å². The molecule has 2 aromatic carbocycles. The summed E-state index contributed by atoms with van der Waals surface area (Å²) in [6.45, 7) is 6.12. The quantitative estimate of drug-likeness (QED) is 0.919. The number of benzene rings is 2. The van der Waals surface area contributed by atoms with Gasteiger partial charge in [0.1, 0.15) is 6.04 Å². The van der Waals surface area contributed by atoms with Crippen LogP contribution < -0.4 is 0 Å². The Labute approximate surface area is 148 Å². The molecule has 1 fully saturated rings. The van der Waals surface area contributed by atoms with Crippen molar-refractivity contribution >= 4 is 11.9 Å². The SMILES string of the molecule is Cc1cc(C)c([C@@H]2CC[C@@H](C(=O)O)N2C(=O)c2ccccc2)c(C)c1. The number of carboxylic acids is 1. The molecular weight excluding hydrogens is 314 g/mol. The van der Waals surface area contributed by atoms with Crippen molar-refractivity contribution in [2.75, 3.05) is 0 Å². The van der Waals surface area contributed by atoms with Crippen molar-refractivity contribution in [3.63, 3.8) is 0 Å². The lowest BCUT2D eigenvalue weighted by Gasteiger charge is -2.31. The molecule has 1 N–H and O–H groups in total. The summed E-state index contributed by atoms with van der Waals surface area (Å²) in [5, 5.41) is 9.63. The van der Waals surface area contributed by atoms with Crippen molar-refractivity contribution in [2.45, 2.75) is 45.7 Å². The van der Waals surface area contributed by atoms with Gasteiger partial charge in [-0.1, -0.05) is 35.9 Å². The molecule has 1 heterocycles. The number of carbonyl (C=O) groups excluding carboxylic acids is 1. The second-order valence-electron chi connectivity index (χ2n) is 6.84. The third-order valence-electron chi connectivity index (χ3n) is 5.00. The Morgan fingerprint density at radius 3 is 2.16 bits per heavy atom. The van der Waals surface area contributed by atoms with Gasteiger partial charge in [-0.15, -0.1) is 0 Å². The molecular formula is C21H23NO3. The second-order valence-corrected chi connectivity index (χ2v) is 6.84. The fourth-order valence-corrected chi connectivity index (χ4v) is 4.07. The number of aliphatic carboxylic acids is 1. The standard InChI is InChI=1S/C21H23NO3/c1-13-11-14(2)19(15(3)12-13)17-9-10-18(21(24)25)22(17)20(23)16-7-5-4-6-8-16/h4-8,11-12,17-18H,9-10H2,1-3H3,(H,24,25)/t17-,18-/m0/s1. The largest absolute Gasteiger partial charge is 0.480 e. The molecule has 0 aliphatic carbocycles. The molecule has 2 aromatic rings. The van der Waals surface area contributed by atoms with Gasteiger partial charge < -0.3 is 10.0 Å². The summed E-state index contributed by atoms with van der Waals surface area (Å²) < 4.78 is 0. The first-order valence-corrected chi connectivity index (χ1v) is 8.58. The zero-order chi connectivity index (χ0) is 18.1. The topological polar surface area (TPSA) is 57.6 Å². The summed E-state index contributed by atoms with van der Waals surface area (Å²) in [5.74, 6) is -1.15. The van der Waals surface area contributed by atoms with Gasteiger partial charge >= 0.3 is 5.97 Å². The molecule has 0 unspecified atom stereocenters. The van der Waals surface area contributed by atoms with Gasteiger partial charge in [-0.2, -0.15) is 0 Å². The highest BCUT2D eigenvalue weighted by Gasteiger charge is 2.42. The van der Waals surface area contributed by atoms with Crippen molar-refractivity contribution in [2.24, 2.45) is 0 Å². The molecule has 3 rings (SSSR count). The third kappa shape index (κ3) is 3.16. The second kappa shape index (κ2) is 6.71. The summed E-state index contributed by atoms with van der Waals surface area (Å²) in [6, 6.07) is 12.2. The number of amides is 1. The number of hydrogen-bond donors (Lipinski definition) is 1. The van der Waals surface area contributed by atoms with E-state index < -0.39 is 12.0 Å². The Morgan fingerprint density at radius 2 is 1.60 bits per heavy atom. The zero-order valence-corrected chi connectivity index (χ0v) is 14.8. The Kier molecular flexibility index (Phi) is 4.62. The molecule has 4 nitrogen and oxygen atoms in total. The van der Waals surface area contributed by atoms with Crippen LogP contribution in [-0.4, -0.2) is 27.9 Å². The summed E-state index contributed by atoms with van der Waals surface area (Å²) >= 11 is 0. The van der Waals surface area contributed by atoms with E-state index in [-0.39, 0.29) is 11.9 Å². The molecule has 2 atom stereocenters. The van der Waals surface area contributed by atoms with Gasteiger partial charge in [0.2, 0.25) is 0 Å². The molecule has 0 aromatic heterocycles. The lowest BCUT2D eigenvalue weighted by molar-refractivity contribution is -0.141. The monoisotopic (exact) mass is 337 g/mol. The van der Waals surface area contributed by atoms with Crippen LogP contribution in [0, 0.1) is 20.8 Å². The van der Waals surface area contributed by atoms with Crippen molar-refractivity contribution < 1.29 is 14.7 Å². The van der Waals surface area contributed by atoms with Gasteiger partial charge in [-0.3, -0.25) is 4.79 Å². The highest BCUT2D eigenvalue weighted by atomic mass is 16.4. The van der Waals surface area contributed by atoms with E-state index in [1.807, 2.05) is 26.8 Å². The molecule has 4 heteroatoms. The Balaban J connectivity index is 2.07. The average Bonchev–Trinajstić information content (AvgIpc) is 2.99. The molecule has 1 aliphatic heterocycles. The van der Waals surface area contributed by atoms with Crippen molar-refractivity contribution in [3.05, 3.63) is 70.3 Å². The fraction of sp³-hybridized carbons (Fsp3) is 0.333. The number of likely N-dealkylation sites (tertiary alicyclic amines) is 1. The number of carboxylic acid groups (broad SMARTS) is 1. The van der Waals surface area contributed by atoms with Gasteiger partial charge in [0.05, 0.1) is 6.04 Å². The van der Waals surface area contributed by atoms with Crippen LogP contribution in [0.5, 0.6) is 0 Å². The van der Waals surface area contributed by atoms with Gasteiger partial charge in [0.25, 0.3) is 5.91 Å². The van der Waals surface area contributed by atoms with Crippen molar-refractivity contribution in [3.8, 4) is 0 Å². The van der Waals surface area contributed by atoms with Crippen molar-refractivity contribution in [1.29, 1.82) is 0 Å². The minimum atomic E-state index is -0.936. The van der Waals surface area contributed by atoms with E-state index in [4.69, 9.17) is 0 Å². The summed E-state index contributed by atoms with van der Waals surface area (Å²) in [7, 11) is 0. The van der Waals surface area contributed by atoms with E-state index in [2.05, 4.69) is 12.1 Å². The van der Waals surface area contributed by atoms with E-state index in [1.165, 1.54) is 5.56 Å². The predicted molar refractivity (Wildman–Crippen MR) is 96.7 cm³/mol. The summed E-state index contributed by atoms with van der Waals surface area (Å²) in [5.41, 5.74) is 5.01. The molecule has 0 saturated carbocycles. The van der Waals surface area contributed by atoms with Crippen LogP contribution in [0.3, 0.4) is 0 Å². The van der Waals surface area contributed by atoms with Crippen molar-refractivity contribution in [1.82, 2.24) is 4.90 Å². The maximum Gasteiger partial charge on any atom is 0.326 e. The van der Waals surface area contributed by atoms with E-state index in [0.717, 1.165) is 16.7 Å². The van der Waals surface area contributed by atoms with Gasteiger partial charge in [0, 0.05) is 5.56 Å². The first-order valence-electron chi connectivity index (χ1n) is 8.58. The first-order chi connectivity index (χ1) is 11.9. The minimum Gasteiger partial charge on any atom is -0.480 e. The van der Waals surface area contributed by atoms with E-state index in [1.54, 1.807) is 29.2 Å². The lowest BCUT2D eigenvalue weighted by Crippen LogP contribution is -2.42. The highest BCUT2D eigenvalue weighted by Crippen LogP contribution is 2.40. The Hall–Kier alpha value is -2.62. The van der Waals surface area contributed by atoms with E-state index >= 15 is 0 Å². The minimum absolute atomic E-state index is 0.200. The molecule has 0 bridgehead atoms. The van der Waals surface area contributed by atoms with Crippen LogP contribution in [0.1, 0.15) is 51.5 Å². The molecule has 130 valence electrons. The fourth-order valence-electron chi connectivity index (χ4n) is 4.07.